The van der Waals surface area contributed by atoms with Crippen molar-refractivity contribution in [1.29, 1.82) is 0 Å². The van der Waals surface area contributed by atoms with Crippen LogP contribution < -0.4 is 11.3 Å². The number of nitrogens with one attached hydrogen (secondary N) is 1. The molecule has 0 fully saturated rings. The van der Waals surface area contributed by atoms with Crippen LogP contribution in [0.25, 0.3) is 0 Å². The molecule has 0 aromatic heterocycles. The van der Waals surface area contributed by atoms with Gasteiger partial charge in [-0.2, -0.15) is 0 Å². The second kappa shape index (κ2) is 7.46. The van der Waals surface area contributed by atoms with Crippen LogP contribution in [-0.4, -0.2) is 6.04 Å². The minimum absolute atomic E-state index is 0.373. The van der Waals surface area contributed by atoms with Crippen molar-refractivity contribution >= 4 is 0 Å². The lowest BCUT2D eigenvalue weighted by molar-refractivity contribution is 0.288. The van der Waals surface area contributed by atoms with Gasteiger partial charge in [0.15, 0.2) is 0 Å². The minimum atomic E-state index is 0.373. The number of hydrogen-bond acceptors (Lipinski definition) is 2. The van der Waals surface area contributed by atoms with Crippen LogP contribution in [0, 0.1) is 5.92 Å². The molecule has 0 aliphatic heterocycles. The molecule has 0 saturated carbocycles. The number of hydrogen-bond donors (Lipinski definition) is 2. The van der Waals surface area contributed by atoms with Crippen molar-refractivity contribution in [2.75, 3.05) is 0 Å². The second-order valence-electron chi connectivity index (χ2n) is 4.69. The van der Waals surface area contributed by atoms with E-state index in [1.54, 1.807) is 0 Å². The highest BCUT2D eigenvalue weighted by Gasteiger charge is 2.26. The molecule has 0 bridgehead atoms. The van der Waals surface area contributed by atoms with Crippen molar-refractivity contribution in [3.8, 4) is 0 Å². The summed E-state index contributed by atoms with van der Waals surface area (Å²) < 4.78 is 0. The molecule has 2 unspecified atom stereocenters. The summed E-state index contributed by atoms with van der Waals surface area (Å²) >= 11 is 0. The van der Waals surface area contributed by atoms with Crippen LogP contribution in [0.2, 0.25) is 0 Å². The molecule has 2 atom stereocenters. The van der Waals surface area contributed by atoms with Crippen LogP contribution in [0.1, 0.15) is 51.5 Å². The van der Waals surface area contributed by atoms with Crippen LogP contribution in [0.3, 0.4) is 0 Å². The van der Waals surface area contributed by atoms with Gasteiger partial charge >= 0.3 is 0 Å². The molecule has 1 rings (SSSR count). The van der Waals surface area contributed by atoms with Crippen LogP contribution in [0.5, 0.6) is 0 Å². The first kappa shape index (κ1) is 14.2. The summed E-state index contributed by atoms with van der Waals surface area (Å²) in [6.45, 7) is 6.73. The Balaban J connectivity index is 2.91. The van der Waals surface area contributed by atoms with E-state index in [0.717, 1.165) is 6.42 Å². The van der Waals surface area contributed by atoms with E-state index in [4.69, 9.17) is 5.84 Å². The van der Waals surface area contributed by atoms with E-state index < -0.39 is 0 Å². The maximum Gasteiger partial charge on any atom is 0.0307 e. The number of nitrogens with two attached hydrogens (primary N) is 1. The smallest absolute Gasteiger partial charge is 0.0307 e. The topological polar surface area (TPSA) is 38.0 Å². The van der Waals surface area contributed by atoms with Gasteiger partial charge in [0.05, 0.1) is 0 Å². The van der Waals surface area contributed by atoms with Crippen molar-refractivity contribution in [1.82, 2.24) is 5.43 Å². The predicted octanol–water partition coefficient (Wildman–Crippen LogP) is 3.45. The Bertz CT molecular complexity index is 293. The molecular weight excluding hydrogens is 208 g/mol. The third kappa shape index (κ3) is 3.55. The predicted molar refractivity (Wildman–Crippen MR) is 74.7 cm³/mol. The van der Waals surface area contributed by atoms with Gasteiger partial charge in [-0.25, -0.2) is 0 Å². The lowest BCUT2D eigenvalue weighted by Gasteiger charge is -2.32. The first-order chi connectivity index (χ1) is 8.28. The Morgan fingerprint density at radius 2 is 1.59 bits per heavy atom. The number of rotatable bonds is 7. The number of hydrazine groups is 1. The molecule has 2 heteroatoms. The van der Waals surface area contributed by atoms with E-state index >= 15 is 0 Å². The van der Waals surface area contributed by atoms with Crippen molar-refractivity contribution in [3.63, 3.8) is 0 Å². The van der Waals surface area contributed by atoms with E-state index in [1.807, 2.05) is 0 Å². The summed E-state index contributed by atoms with van der Waals surface area (Å²) in [5, 5.41) is 0. The second-order valence-corrected chi connectivity index (χ2v) is 4.69. The maximum absolute atomic E-state index is 5.79. The van der Waals surface area contributed by atoms with Crippen molar-refractivity contribution in [2.45, 2.75) is 52.0 Å². The molecule has 1 aromatic rings. The highest BCUT2D eigenvalue weighted by molar-refractivity contribution is 5.21. The summed E-state index contributed by atoms with van der Waals surface area (Å²) in [5.74, 6) is 6.94. The third-order valence-corrected chi connectivity index (χ3v) is 3.85. The highest BCUT2D eigenvalue weighted by atomic mass is 15.2. The van der Waals surface area contributed by atoms with Gasteiger partial charge in [-0.15, -0.1) is 0 Å². The van der Waals surface area contributed by atoms with Gasteiger partial charge < -0.3 is 0 Å². The van der Waals surface area contributed by atoms with Crippen LogP contribution in [0.15, 0.2) is 30.3 Å². The summed E-state index contributed by atoms with van der Waals surface area (Å²) in [6, 6.07) is 11.1. The molecule has 0 saturated heterocycles. The zero-order chi connectivity index (χ0) is 12.7. The maximum atomic E-state index is 5.79. The summed E-state index contributed by atoms with van der Waals surface area (Å²) in [5.41, 5.74) is 4.45. The molecule has 0 radical (unpaired) electrons. The van der Waals surface area contributed by atoms with Gasteiger partial charge in [0.25, 0.3) is 0 Å². The van der Waals surface area contributed by atoms with Crippen LogP contribution >= 0.6 is 0 Å². The Morgan fingerprint density at radius 3 is 2.00 bits per heavy atom. The van der Waals surface area contributed by atoms with E-state index in [0.29, 0.717) is 17.9 Å². The zero-order valence-electron chi connectivity index (χ0n) is 11.3. The summed E-state index contributed by atoms with van der Waals surface area (Å²) in [7, 11) is 0. The molecule has 0 heterocycles. The van der Waals surface area contributed by atoms with Crippen LogP contribution in [0.4, 0.5) is 0 Å². The molecule has 0 aliphatic carbocycles. The van der Waals surface area contributed by atoms with E-state index in [9.17, 15) is 0 Å². The monoisotopic (exact) mass is 234 g/mol. The third-order valence-electron chi connectivity index (χ3n) is 3.85. The van der Waals surface area contributed by atoms with Gasteiger partial charge in [0, 0.05) is 12.0 Å². The molecule has 2 nitrogen and oxygen atoms in total. The lowest BCUT2D eigenvalue weighted by atomic mass is 9.80. The molecule has 3 N–H and O–H groups in total. The molecular formula is C15H26N2. The van der Waals surface area contributed by atoms with Crippen molar-refractivity contribution in [2.24, 2.45) is 11.8 Å². The first-order valence-electron chi connectivity index (χ1n) is 6.79. The normalized spacial score (nSPS) is 14.9. The van der Waals surface area contributed by atoms with Crippen molar-refractivity contribution < 1.29 is 0 Å². The SMILES string of the molecule is CCC(CC)C(NN)C(CC)c1ccccc1. The molecule has 1 aromatic carbocycles. The zero-order valence-corrected chi connectivity index (χ0v) is 11.3. The van der Waals surface area contributed by atoms with E-state index in [2.05, 4.69) is 56.5 Å². The first-order valence-corrected chi connectivity index (χ1v) is 6.79. The van der Waals surface area contributed by atoms with Gasteiger partial charge in [0.2, 0.25) is 0 Å². The van der Waals surface area contributed by atoms with Gasteiger partial charge in [-0.3, -0.25) is 11.3 Å². The Labute approximate surface area is 106 Å². The fourth-order valence-corrected chi connectivity index (χ4v) is 2.77. The van der Waals surface area contributed by atoms with Gasteiger partial charge in [0.1, 0.15) is 0 Å². The van der Waals surface area contributed by atoms with E-state index in [1.165, 1.54) is 18.4 Å². The Hall–Kier alpha value is -0.860. The Morgan fingerprint density at radius 1 is 1.00 bits per heavy atom. The van der Waals surface area contributed by atoms with Crippen LogP contribution in [-0.2, 0) is 0 Å². The molecule has 17 heavy (non-hydrogen) atoms. The largest absolute Gasteiger partial charge is 0.271 e. The molecule has 96 valence electrons. The standard InChI is InChI=1S/C15H26N2/c1-4-12(5-2)15(17-16)14(6-3)13-10-8-7-9-11-13/h7-12,14-15,17H,4-6,16H2,1-3H3. The quantitative estimate of drug-likeness (QED) is 0.560. The highest BCUT2D eigenvalue weighted by Crippen LogP contribution is 2.29. The molecule has 0 amide bonds. The van der Waals surface area contributed by atoms with Crippen molar-refractivity contribution in [3.05, 3.63) is 35.9 Å². The lowest BCUT2D eigenvalue weighted by Crippen LogP contribution is -2.44. The molecule has 0 spiro atoms. The minimum Gasteiger partial charge on any atom is -0.271 e. The average Bonchev–Trinajstić information content (AvgIpc) is 2.40. The Kier molecular flexibility index (Phi) is 6.23. The summed E-state index contributed by atoms with van der Waals surface area (Å²) in [4.78, 5) is 0. The molecule has 0 aliphatic rings. The average molecular weight is 234 g/mol. The van der Waals surface area contributed by atoms with Gasteiger partial charge in [-0.1, -0.05) is 63.9 Å². The fourth-order valence-electron chi connectivity index (χ4n) is 2.77. The summed E-state index contributed by atoms with van der Waals surface area (Å²) in [6.07, 6.45) is 3.47. The number of benzene rings is 1. The van der Waals surface area contributed by atoms with E-state index in [-0.39, 0.29) is 0 Å². The fraction of sp³-hybridized carbons (Fsp3) is 0.600. The van der Waals surface area contributed by atoms with Gasteiger partial charge in [-0.05, 0) is 17.9 Å².